The lowest BCUT2D eigenvalue weighted by molar-refractivity contribution is -0.136. The minimum absolute atomic E-state index is 0.316. The summed E-state index contributed by atoms with van der Waals surface area (Å²) < 4.78 is 12.8. The van der Waals surface area contributed by atoms with Crippen LogP contribution in [0, 0.1) is 0 Å². The average Bonchev–Trinajstić information content (AvgIpc) is 3.42. The van der Waals surface area contributed by atoms with Gasteiger partial charge in [-0.3, -0.25) is 0 Å². The van der Waals surface area contributed by atoms with Gasteiger partial charge in [0.1, 0.15) is 11.6 Å². The summed E-state index contributed by atoms with van der Waals surface area (Å²) in [5, 5.41) is 2.01. The van der Waals surface area contributed by atoms with Gasteiger partial charge in [-0.2, -0.15) is 0 Å². The number of nitrogens with zero attached hydrogens (tertiary/aromatic N) is 2. The normalized spacial score (nSPS) is 11.5. The van der Waals surface area contributed by atoms with Gasteiger partial charge in [0.15, 0.2) is 0 Å². The Labute approximate surface area is 182 Å². The largest absolute Gasteiger partial charge is 0.496 e. The SMILES string of the molecule is CCCCc1ncc(/C=C(\Cc2cccs2)C(=O)OC)n1Cc1ccccc1OC. The first-order valence-electron chi connectivity index (χ1n) is 10.1. The zero-order chi connectivity index (χ0) is 21.3. The van der Waals surface area contributed by atoms with Gasteiger partial charge in [0.25, 0.3) is 0 Å². The second-order valence-corrected chi connectivity index (χ2v) is 8.05. The quantitative estimate of drug-likeness (QED) is 0.334. The third-order valence-corrected chi connectivity index (χ3v) is 5.83. The topological polar surface area (TPSA) is 53.3 Å². The van der Waals surface area contributed by atoms with Crippen LogP contribution in [0.3, 0.4) is 0 Å². The highest BCUT2D eigenvalue weighted by molar-refractivity contribution is 7.09. The Morgan fingerprint density at radius 3 is 2.73 bits per heavy atom. The van der Waals surface area contributed by atoms with E-state index in [1.165, 1.54) is 7.11 Å². The lowest BCUT2D eigenvalue weighted by Gasteiger charge is -2.14. The van der Waals surface area contributed by atoms with Crippen molar-refractivity contribution < 1.29 is 14.3 Å². The lowest BCUT2D eigenvalue weighted by atomic mass is 10.1. The molecule has 158 valence electrons. The molecule has 0 unspecified atom stereocenters. The van der Waals surface area contributed by atoms with Crippen molar-refractivity contribution in [2.24, 2.45) is 0 Å². The first-order valence-corrected chi connectivity index (χ1v) is 11.0. The molecule has 0 aliphatic carbocycles. The number of aromatic nitrogens is 2. The van der Waals surface area contributed by atoms with Crippen molar-refractivity contribution in [3.05, 3.63) is 75.5 Å². The highest BCUT2D eigenvalue weighted by atomic mass is 32.1. The van der Waals surface area contributed by atoms with E-state index < -0.39 is 0 Å². The number of methoxy groups -OCH3 is 2. The van der Waals surface area contributed by atoms with Crippen molar-refractivity contribution in [3.8, 4) is 5.75 Å². The molecule has 0 aliphatic heterocycles. The summed E-state index contributed by atoms with van der Waals surface area (Å²) in [5.41, 5.74) is 2.58. The molecule has 2 aromatic heterocycles. The number of unbranched alkanes of at least 4 members (excludes halogenated alkanes) is 1. The molecule has 0 radical (unpaired) electrons. The van der Waals surface area contributed by atoms with E-state index in [0.29, 0.717) is 18.5 Å². The van der Waals surface area contributed by atoms with Gasteiger partial charge in [0.05, 0.1) is 32.7 Å². The number of thiophene rings is 1. The molecule has 6 heteroatoms. The monoisotopic (exact) mass is 424 g/mol. The van der Waals surface area contributed by atoms with Crippen LogP contribution in [0.2, 0.25) is 0 Å². The van der Waals surface area contributed by atoms with Crippen LogP contribution >= 0.6 is 11.3 Å². The fraction of sp³-hybridized carbons (Fsp3) is 0.333. The van der Waals surface area contributed by atoms with Crippen molar-refractivity contribution >= 4 is 23.4 Å². The van der Waals surface area contributed by atoms with Gasteiger partial charge in [-0.1, -0.05) is 37.6 Å². The fourth-order valence-corrected chi connectivity index (χ4v) is 4.09. The smallest absolute Gasteiger partial charge is 0.334 e. The third kappa shape index (κ3) is 5.39. The number of carbonyl (C=O) groups is 1. The summed E-state index contributed by atoms with van der Waals surface area (Å²) in [5.74, 6) is 1.53. The van der Waals surface area contributed by atoms with Crippen LogP contribution in [-0.4, -0.2) is 29.7 Å². The van der Waals surface area contributed by atoms with Crippen LogP contribution in [0.4, 0.5) is 0 Å². The maximum Gasteiger partial charge on any atom is 0.334 e. The van der Waals surface area contributed by atoms with E-state index >= 15 is 0 Å². The Bertz CT molecular complexity index is 990. The molecule has 0 atom stereocenters. The fourth-order valence-electron chi connectivity index (χ4n) is 3.36. The van der Waals surface area contributed by atoms with E-state index in [1.807, 2.05) is 48.0 Å². The summed E-state index contributed by atoms with van der Waals surface area (Å²) in [4.78, 5) is 18.2. The van der Waals surface area contributed by atoms with Crippen LogP contribution in [0.25, 0.3) is 6.08 Å². The van der Waals surface area contributed by atoms with Crippen LogP contribution < -0.4 is 4.74 Å². The Morgan fingerprint density at radius 2 is 2.03 bits per heavy atom. The summed E-state index contributed by atoms with van der Waals surface area (Å²) in [7, 11) is 3.10. The molecule has 2 heterocycles. The number of ether oxygens (including phenoxy) is 2. The summed E-state index contributed by atoms with van der Waals surface area (Å²) in [6.45, 7) is 2.80. The first kappa shape index (κ1) is 21.8. The molecule has 30 heavy (non-hydrogen) atoms. The number of para-hydroxylation sites is 1. The van der Waals surface area contributed by atoms with Crippen molar-refractivity contribution in [1.29, 1.82) is 0 Å². The second kappa shape index (κ2) is 10.8. The van der Waals surface area contributed by atoms with E-state index in [2.05, 4.69) is 22.5 Å². The van der Waals surface area contributed by atoms with E-state index in [1.54, 1.807) is 18.4 Å². The number of hydrogen-bond donors (Lipinski definition) is 0. The average molecular weight is 425 g/mol. The summed E-state index contributed by atoms with van der Waals surface area (Å²) in [6, 6.07) is 12.0. The van der Waals surface area contributed by atoms with Gasteiger partial charge in [-0.25, -0.2) is 9.78 Å². The highest BCUT2D eigenvalue weighted by Gasteiger charge is 2.16. The van der Waals surface area contributed by atoms with Crippen molar-refractivity contribution in [2.45, 2.75) is 39.2 Å². The predicted octanol–water partition coefficient (Wildman–Crippen LogP) is 5.14. The van der Waals surface area contributed by atoms with Crippen molar-refractivity contribution in [3.63, 3.8) is 0 Å². The molecule has 0 amide bonds. The van der Waals surface area contributed by atoms with E-state index in [4.69, 9.17) is 9.47 Å². The number of carbonyl (C=O) groups excluding carboxylic acids is 1. The van der Waals surface area contributed by atoms with E-state index in [9.17, 15) is 4.79 Å². The summed E-state index contributed by atoms with van der Waals surface area (Å²) >= 11 is 1.63. The van der Waals surface area contributed by atoms with E-state index in [0.717, 1.165) is 47.0 Å². The minimum atomic E-state index is -0.316. The number of hydrogen-bond acceptors (Lipinski definition) is 5. The highest BCUT2D eigenvalue weighted by Crippen LogP contribution is 2.23. The molecule has 0 N–H and O–H groups in total. The molecule has 3 aromatic rings. The molecule has 0 spiro atoms. The zero-order valence-electron chi connectivity index (χ0n) is 17.8. The number of benzene rings is 1. The Balaban J connectivity index is 2.00. The molecule has 0 saturated carbocycles. The molecule has 0 bridgehead atoms. The van der Waals surface area contributed by atoms with E-state index in [-0.39, 0.29) is 5.97 Å². The maximum atomic E-state index is 12.5. The maximum absolute atomic E-state index is 12.5. The molecule has 5 nitrogen and oxygen atoms in total. The Morgan fingerprint density at radius 1 is 1.20 bits per heavy atom. The van der Waals surface area contributed by atoms with Crippen LogP contribution in [-0.2, 0) is 28.9 Å². The molecule has 3 rings (SSSR count). The van der Waals surface area contributed by atoms with Gasteiger partial charge >= 0.3 is 5.97 Å². The van der Waals surface area contributed by atoms with Gasteiger partial charge < -0.3 is 14.0 Å². The number of esters is 1. The second-order valence-electron chi connectivity index (χ2n) is 7.02. The molecule has 0 saturated heterocycles. The lowest BCUT2D eigenvalue weighted by Crippen LogP contribution is -2.11. The minimum Gasteiger partial charge on any atom is -0.496 e. The first-order chi connectivity index (χ1) is 14.7. The molecule has 0 fully saturated rings. The number of imidazole rings is 1. The molecular formula is C24H28N2O3S. The van der Waals surface area contributed by atoms with Crippen molar-refractivity contribution in [2.75, 3.05) is 14.2 Å². The van der Waals surface area contributed by atoms with Gasteiger partial charge in [0.2, 0.25) is 0 Å². The Kier molecular flexibility index (Phi) is 7.85. The zero-order valence-corrected chi connectivity index (χ0v) is 18.6. The standard InChI is InChI=1S/C24H28N2O3S/c1-4-5-12-23-25-16-20(26(23)17-18-9-6-7-11-22(18)28-2)14-19(24(27)29-3)15-21-10-8-13-30-21/h6-11,13-14,16H,4-5,12,15,17H2,1-3H3/b19-14+. The third-order valence-electron chi connectivity index (χ3n) is 4.96. The summed E-state index contributed by atoms with van der Waals surface area (Å²) in [6.07, 6.45) is 7.33. The Hall–Kier alpha value is -2.86. The van der Waals surface area contributed by atoms with Crippen LogP contribution in [0.5, 0.6) is 5.75 Å². The molecule has 1 aromatic carbocycles. The molecular weight excluding hydrogens is 396 g/mol. The van der Waals surface area contributed by atoms with Crippen LogP contribution in [0.1, 0.15) is 41.7 Å². The van der Waals surface area contributed by atoms with Gasteiger partial charge in [-0.05, 0) is 30.0 Å². The number of rotatable bonds is 10. The van der Waals surface area contributed by atoms with Crippen molar-refractivity contribution in [1.82, 2.24) is 9.55 Å². The molecule has 0 aliphatic rings. The van der Waals surface area contributed by atoms with Gasteiger partial charge in [0, 0.05) is 28.9 Å². The van der Waals surface area contributed by atoms with Gasteiger partial charge in [-0.15, -0.1) is 11.3 Å². The van der Waals surface area contributed by atoms with Crippen LogP contribution in [0.15, 0.2) is 53.5 Å². The predicted molar refractivity (Wildman–Crippen MR) is 121 cm³/mol. The number of aryl methyl sites for hydroxylation is 1.